The number of benzene rings is 2. The van der Waals surface area contributed by atoms with E-state index in [9.17, 15) is 4.39 Å². The molecule has 2 aromatic carbocycles. The van der Waals surface area contributed by atoms with E-state index in [2.05, 4.69) is 25.6 Å². The van der Waals surface area contributed by atoms with Gasteiger partial charge in [-0.3, -0.25) is 0 Å². The van der Waals surface area contributed by atoms with Crippen LogP contribution in [0.15, 0.2) is 43.0 Å². The van der Waals surface area contributed by atoms with Gasteiger partial charge in [-0.15, -0.1) is 0 Å². The molecular weight excluding hydrogens is 315 g/mol. The van der Waals surface area contributed by atoms with Gasteiger partial charge in [-0.05, 0) is 42.7 Å². The fourth-order valence-corrected chi connectivity index (χ4v) is 4.08. The molecule has 4 aromatic rings. The van der Waals surface area contributed by atoms with Gasteiger partial charge in [0.05, 0.1) is 34.7 Å². The quantitative estimate of drug-likeness (QED) is 0.546. The van der Waals surface area contributed by atoms with Crippen molar-refractivity contribution in [1.29, 1.82) is 0 Å². The molecule has 0 unspecified atom stereocenters. The zero-order valence-corrected chi connectivity index (χ0v) is 13.9. The van der Waals surface area contributed by atoms with Crippen molar-refractivity contribution in [2.75, 3.05) is 0 Å². The van der Waals surface area contributed by atoms with E-state index in [1.807, 2.05) is 18.5 Å². The molecule has 126 valence electrons. The minimum absolute atomic E-state index is 0.264. The lowest BCUT2D eigenvalue weighted by atomic mass is 9.95. The Morgan fingerprint density at radius 2 is 1.92 bits per heavy atom. The van der Waals surface area contributed by atoms with Crippen LogP contribution in [0, 0.1) is 5.82 Å². The van der Waals surface area contributed by atoms with Gasteiger partial charge in [-0.25, -0.2) is 14.4 Å². The van der Waals surface area contributed by atoms with Gasteiger partial charge >= 0.3 is 0 Å². The van der Waals surface area contributed by atoms with Crippen molar-refractivity contribution in [2.24, 2.45) is 0 Å². The summed E-state index contributed by atoms with van der Waals surface area (Å²) in [6.45, 7) is 0. The smallest absolute Gasteiger partial charge is 0.126 e. The number of H-pyrrole nitrogens is 1. The van der Waals surface area contributed by atoms with Gasteiger partial charge in [0.1, 0.15) is 5.82 Å². The molecule has 1 N–H and O–H groups in total. The Morgan fingerprint density at radius 1 is 1.04 bits per heavy atom. The first-order valence-corrected chi connectivity index (χ1v) is 8.89. The van der Waals surface area contributed by atoms with E-state index in [1.54, 1.807) is 12.4 Å². The summed E-state index contributed by atoms with van der Waals surface area (Å²) in [6, 6.07) is 9.76. The van der Waals surface area contributed by atoms with E-state index in [4.69, 9.17) is 0 Å². The summed E-state index contributed by atoms with van der Waals surface area (Å²) in [5.41, 5.74) is 5.35. The predicted octanol–water partition coefficient (Wildman–Crippen LogP) is 5.22. The second-order valence-electron chi connectivity index (χ2n) is 6.90. The largest absolute Gasteiger partial charge is 0.344 e. The number of hydrogen-bond donors (Lipinski definition) is 1. The highest BCUT2D eigenvalue weighted by molar-refractivity contribution is 5.94. The maximum atomic E-state index is 14.0. The summed E-state index contributed by atoms with van der Waals surface area (Å²) in [6.07, 6.45) is 9.94. The van der Waals surface area contributed by atoms with E-state index >= 15 is 0 Å². The lowest BCUT2D eigenvalue weighted by molar-refractivity contribution is 0.359. The van der Waals surface area contributed by atoms with Crippen molar-refractivity contribution in [2.45, 2.75) is 38.1 Å². The van der Waals surface area contributed by atoms with Crippen LogP contribution in [-0.4, -0.2) is 19.5 Å². The second kappa shape index (κ2) is 5.69. The van der Waals surface area contributed by atoms with E-state index in [-0.39, 0.29) is 5.82 Å². The van der Waals surface area contributed by atoms with Gasteiger partial charge in [-0.2, -0.15) is 0 Å². The highest BCUT2D eigenvalue weighted by Gasteiger charge is 2.18. The van der Waals surface area contributed by atoms with Crippen LogP contribution in [0.4, 0.5) is 4.39 Å². The summed E-state index contributed by atoms with van der Waals surface area (Å²) in [4.78, 5) is 11.9. The molecule has 0 radical (unpaired) electrons. The van der Waals surface area contributed by atoms with Crippen LogP contribution in [0.25, 0.3) is 33.2 Å². The normalized spacial score (nSPS) is 16.0. The summed E-state index contributed by atoms with van der Waals surface area (Å²) in [5.74, 6) is -0.264. The predicted molar refractivity (Wildman–Crippen MR) is 96.9 cm³/mol. The highest BCUT2D eigenvalue weighted by atomic mass is 19.1. The van der Waals surface area contributed by atoms with Crippen LogP contribution in [0.5, 0.6) is 0 Å². The van der Waals surface area contributed by atoms with Gasteiger partial charge in [-0.1, -0.05) is 25.3 Å². The average molecular weight is 334 g/mol. The van der Waals surface area contributed by atoms with Crippen LogP contribution in [-0.2, 0) is 0 Å². The molecule has 5 heteroatoms. The molecule has 1 aliphatic carbocycles. The highest BCUT2D eigenvalue weighted by Crippen LogP contribution is 2.33. The molecule has 1 aliphatic rings. The number of aromatic amines is 1. The molecule has 0 spiro atoms. The molecule has 0 saturated heterocycles. The lowest BCUT2D eigenvalue weighted by Gasteiger charge is -2.23. The van der Waals surface area contributed by atoms with Crippen LogP contribution in [0.1, 0.15) is 38.1 Å². The van der Waals surface area contributed by atoms with E-state index in [0.717, 1.165) is 27.7 Å². The Hall–Kier alpha value is -2.69. The van der Waals surface area contributed by atoms with Crippen LogP contribution < -0.4 is 0 Å². The summed E-state index contributed by atoms with van der Waals surface area (Å²) >= 11 is 0. The zero-order valence-electron chi connectivity index (χ0n) is 13.9. The van der Waals surface area contributed by atoms with Crippen molar-refractivity contribution in [3.05, 3.63) is 48.8 Å². The zero-order chi connectivity index (χ0) is 16.8. The van der Waals surface area contributed by atoms with Gasteiger partial charge in [0, 0.05) is 11.6 Å². The molecule has 0 atom stereocenters. The maximum Gasteiger partial charge on any atom is 0.126 e. The fraction of sp³-hybridized carbons (Fsp3) is 0.300. The van der Waals surface area contributed by atoms with Crippen molar-refractivity contribution in [3.63, 3.8) is 0 Å². The van der Waals surface area contributed by atoms with Gasteiger partial charge in [0.2, 0.25) is 0 Å². The van der Waals surface area contributed by atoms with Crippen LogP contribution in [0.2, 0.25) is 0 Å². The third-order valence-corrected chi connectivity index (χ3v) is 5.34. The van der Waals surface area contributed by atoms with Crippen molar-refractivity contribution < 1.29 is 4.39 Å². The third-order valence-electron chi connectivity index (χ3n) is 5.34. The molecule has 1 saturated carbocycles. The first-order valence-electron chi connectivity index (χ1n) is 8.89. The van der Waals surface area contributed by atoms with Crippen LogP contribution in [0.3, 0.4) is 0 Å². The van der Waals surface area contributed by atoms with Gasteiger partial charge in [0.25, 0.3) is 0 Å². The SMILES string of the molecule is Fc1cc(-c2ccc3c(c2)ncn3C2CCCCC2)c2nc[nH]c2c1. The molecule has 4 nitrogen and oxygen atoms in total. The first kappa shape index (κ1) is 14.6. The van der Waals surface area contributed by atoms with Crippen molar-refractivity contribution in [3.8, 4) is 11.1 Å². The minimum Gasteiger partial charge on any atom is -0.344 e. The number of nitrogens with one attached hydrogen (secondary N) is 1. The lowest BCUT2D eigenvalue weighted by Crippen LogP contribution is -2.11. The molecular formula is C20H19FN4. The van der Waals surface area contributed by atoms with E-state index in [0.29, 0.717) is 11.6 Å². The molecule has 2 heterocycles. The number of nitrogens with zero attached hydrogens (tertiary/aromatic N) is 3. The molecule has 1 fully saturated rings. The maximum absolute atomic E-state index is 14.0. The van der Waals surface area contributed by atoms with E-state index in [1.165, 1.54) is 38.2 Å². The Labute approximate surface area is 144 Å². The van der Waals surface area contributed by atoms with Crippen LogP contribution >= 0.6 is 0 Å². The van der Waals surface area contributed by atoms with Crippen molar-refractivity contribution >= 4 is 22.1 Å². The van der Waals surface area contributed by atoms with E-state index < -0.39 is 0 Å². The minimum atomic E-state index is -0.264. The fourth-order valence-electron chi connectivity index (χ4n) is 4.08. The second-order valence-corrected chi connectivity index (χ2v) is 6.90. The number of fused-ring (bicyclic) bond motifs is 2. The standard InChI is InChI=1S/C20H19FN4/c21-14-9-16(20-18(10-14)22-11-23-20)13-6-7-19-17(8-13)24-12-25(19)15-4-2-1-3-5-15/h6-12,15H,1-5H2,(H,22,23). The number of imidazole rings is 2. The Bertz CT molecular complexity index is 1060. The molecule has 2 aromatic heterocycles. The summed E-state index contributed by atoms with van der Waals surface area (Å²) in [7, 11) is 0. The molecule has 0 amide bonds. The number of halogens is 1. The molecule has 0 aliphatic heterocycles. The third kappa shape index (κ3) is 2.42. The summed E-state index contributed by atoms with van der Waals surface area (Å²) in [5, 5.41) is 0. The number of hydrogen-bond acceptors (Lipinski definition) is 2. The Kier molecular flexibility index (Phi) is 3.33. The Morgan fingerprint density at radius 3 is 2.80 bits per heavy atom. The van der Waals surface area contributed by atoms with Crippen molar-refractivity contribution in [1.82, 2.24) is 19.5 Å². The monoisotopic (exact) mass is 334 g/mol. The first-order chi connectivity index (χ1) is 12.3. The number of rotatable bonds is 2. The number of aromatic nitrogens is 4. The average Bonchev–Trinajstić information content (AvgIpc) is 3.27. The Balaban J connectivity index is 1.62. The van der Waals surface area contributed by atoms with Gasteiger partial charge in [0.15, 0.2) is 0 Å². The summed E-state index contributed by atoms with van der Waals surface area (Å²) < 4.78 is 16.3. The molecule has 0 bridgehead atoms. The topological polar surface area (TPSA) is 46.5 Å². The molecule has 5 rings (SSSR count). The molecule has 25 heavy (non-hydrogen) atoms. The van der Waals surface area contributed by atoms with Gasteiger partial charge < -0.3 is 9.55 Å².